The van der Waals surface area contributed by atoms with Crippen LogP contribution in [0, 0.1) is 11.8 Å². The molecule has 1 aromatic carbocycles. The van der Waals surface area contributed by atoms with Crippen LogP contribution >= 0.6 is 0 Å². The van der Waals surface area contributed by atoms with E-state index < -0.39 is 0 Å². The molecule has 14 heavy (non-hydrogen) atoms. The van der Waals surface area contributed by atoms with Gasteiger partial charge in [0.2, 0.25) is 0 Å². The van der Waals surface area contributed by atoms with Crippen LogP contribution in [0.1, 0.15) is 32.3 Å². The lowest BCUT2D eigenvalue weighted by atomic mass is 10.0. The molecule has 0 bridgehead atoms. The molecule has 0 aromatic heterocycles. The molecule has 1 heteroatoms. The molecule has 0 spiro atoms. The monoisotopic (exact) mass is 188 g/mol. The second kappa shape index (κ2) is 5.34. The second-order valence-electron chi connectivity index (χ2n) is 3.41. The maximum Gasteiger partial charge on any atom is 0.149 e. The average Bonchev–Trinajstić information content (AvgIpc) is 2.19. The molecule has 74 valence electrons. The van der Waals surface area contributed by atoms with Crippen LogP contribution in [0.25, 0.3) is 0 Å². The van der Waals surface area contributed by atoms with Gasteiger partial charge in [0.1, 0.15) is 12.4 Å². The molecule has 0 saturated carbocycles. The van der Waals surface area contributed by atoms with Gasteiger partial charge in [0, 0.05) is 0 Å². The van der Waals surface area contributed by atoms with E-state index in [2.05, 4.69) is 31.8 Å². The van der Waals surface area contributed by atoms with Gasteiger partial charge in [-0.3, -0.25) is 0 Å². The Morgan fingerprint density at radius 1 is 1.29 bits per heavy atom. The van der Waals surface area contributed by atoms with E-state index in [0.717, 1.165) is 5.75 Å². The van der Waals surface area contributed by atoms with E-state index >= 15 is 0 Å². The van der Waals surface area contributed by atoms with E-state index in [1.165, 1.54) is 5.56 Å². The predicted molar refractivity (Wildman–Crippen MR) is 59.5 cm³/mol. The van der Waals surface area contributed by atoms with Crippen LogP contribution in [0.15, 0.2) is 24.3 Å². The first kappa shape index (κ1) is 10.7. The summed E-state index contributed by atoms with van der Waals surface area (Å²) in [6.45, 7) is 6.61. The molecule has 1 rings (SSSR count). The molecule has 1 nitrogen and oxygen atoms in total. The van der Waals surface area contributed by atoms with Gasteiger partial charge in [-0.15, -0.1) is 5.92 Å². The Morgan fingerprint density at radius 2 is 2.00 bits per heavy atom. The van der Waals surface area contributed by atoms with Crippen molar-refractivity contribution in [1.82, 2.24) is 0 Å². The first-order valence-electron chi connectivity index (χ1n) is 4.87. The van der Waals surface area contributed by atoms with Crippen molar-refractivity contribution in [2.75, 3.05) is 6.61 Å². The highest BCUT2D eigenvalue weighted by Gasteiger charge is 2.05. The Labute approximate surface area is 86.1 Å². The maximum atomic E-state index is 5.57. The second-order valence-corrected chi connectivity index (χ2v) is 3.41. The zero-order chi connectivity index (χ0) is 10.4. The topological polar surface area (TPSA) is 9.23 Å². The predicted octanol–water partition coefficient (Wildman–Crippen LogP) is 3.21. The molecular formula is C13H16O. The minimum absolute atomic E-state index is 0.472. The van der Waals surface area contributed by atoms with Crippen LogP contribution in [0.4, 0.5) is 0 Å². The van der Waals surface area contributed by atoms with Gasteiger partial charge < -0.3 is 4.74 Å². The van der Waals surface area contributed by atoms with Crippen molar-refractivity contribution in [2.45, 2.75) is 26.7 Å². The number of ether oxygens (including phenoxy) is 1. The zero-order valence-corrected chi connectivity index (χ0v) is 9.00. The summed E-state index contributed by atoms with van der Waals surface area (Å²) in [6, 6.07) is 8.11. The molecule has 0 saturated heterocycles. The number of hydrogen-bond acceptors (Lipinski definition) is 1. The summed E-state index contributed by atoms with van der Waals surface area (Å²) in [5.41, 5.74) is 1.24. The molecule has 0 N–H and O–H groups in total. The lowest BCUT2D eigenvalue weighted by molar-refractivity contribution is 0.364. The largest absolute Gasteiger partial charge is 0.481 e. The van der Waals surface area contributed by atoms with Gasteiger partial charge in [0.25, 0.3) is 0 Å². The van der Waals surface area contributed by atoms with Gasteiger partial charge in [0.15, 0.2) is 0 Å². The van der Waals surface area contributed by atoms with E-state index in [0.29, 0.717) is 12.5 Å². The first-order chi connectivity index (χ1) is 6.75. The van der Waals surface area contributed by atoms with Crippen molar-refractivity contribution in [1.29, 1.82) is 0 Å². The Balaban J connectivity index is 2.77. The third-order valence-electron chi connectivity index (χ3n) is 2.02. The highest BCUT2D eigenvalue weighted by atomic mass is 16.5. The number of para-hydroxylation sites is 1. The van der Waals surface area contributed by atoms with Gasteiger partial charge in [-0.05, 0) is 24.5 Å². The summed E-state index contributed by atoms with van der Waals surface area (Å²) in [5.74, 6) is 7.14. The van der Waals surface area contributed by atoms with Crippen LogP contribution in [0.2, 0.25) is 0 Å². The van der Waals surface area contributed by atoms with Gasteiger partial charge in [-0.2, -0.15) is 0 Å². The van der Waals surface area contributed by atoms with E-state index in [9.17, 15) is 0 Å². The number of rotatable bonds is 3. The summed E-state index contributed by atoms with van der Waals surface area (Å²) in [7, 11) is 0. The van der Waals surface area contributed by atoms with Gasteiger partial charge in [-0.25, -0.2) is 0 Å². The summed E-state index contributed by atoms with van der Waals surface area (Å²) in [5, 5.41) is 0. The average molecular weight is 188 g/mol. The minimum atomic E-state index is 0.472. The first-order valence-corrected chi connectivity index (χ1v) is 4.87. The van der Waals surface area contributed by atoms with Crippen LogP contribution < -0.4 is 4.74 Å². The quantitative estimate of drug-likeness (QED) is 0.662. The normalized spacial score (nSPS) is 9.43. The maximum absolute atomic E-state index is 5.57. The number of hydrogen-bond donors (Lipinski definition) is 0. The Bertz CT molecular complexity index is 342. The molecule has 0 radical (unpaired) electrons. The molecule has 0 aliphatic rings. The SMILES string of the molecule is CC#CCOc1ccccc1C(C)C. The molecule has 0 fully saturated rings. The van der Waals surface area contributed by atoms with Gasteiger partial charge in [0.05, 0.1) is 0 Å². The zero-order valence-electron chi connectivity index (χ0n) is 9.00. The van der Waals surface area contributed by atoms with Crippen molar-refractivity contribution < 1.29 is 4.74 Å². The Morgan fingerprint density at radius 3 is 2.64 bits per heavy atom. The highest BCUT2D eigenvalue weighted by Crippen LogP contribution is 2.25. The fourth-order valence-corrected chi connectivity index (χ4v) is 1.27. The van der Waals surface area contributed by atoms with E-state index in [1.807, 2.05) is 25.1 Å². The Hall–Kier alpha value is -1.42. The minimum Gasteiger partial charge on any atom is -0.481 e. The fourth-order valence-electron chi connectivity index (χ4n) is 1.27. The summed E-state index contributed by atoms with van der Waals surface area (Å²) in [4.78, 5) is 0. The van der Waals surface area contributed by atoms with Crippen molar-refractivity contribution >= 4 is 0 Å². The lowest BCUT2D eigenvalue weighted by Crippen LogP contribution is -1.98. The molecule has 0 atom stereocenters. The van der Waals surface area contributed by atoms with Crippen LogP contribution in [-0.2, 0) is 0 Å². The standard InChI is InChI=1S/C13H16O/c1-4-5-10-14-13-9-7-6-8-12(13)11(2)3/h6-9,11H,10H2,1-3H3. The molecule has 0 heterocycles. The molecule has 0 aliphatic carbocycles. The summed E-state index contributed by atoms with van der Waals surface area (Å²) in [6.07, 6.45) is 0. The van der Waals surface area contributed by atoms with Gasteiger partial charge in [-0.1, -0.05) is 38.0 Å². The Kier molecular flexibility index (Phi) is 4.07. The molecule has 1 aromatic rings. The molecule has 0 unspecified atom stereocenters. The van der Waals surface area contributed by atoms with Gasteiger partial charge >= 0.3 is 0 Å². The van der Waals surface area contributed by atoms with E-state index in [4.69, 9.17) is 4.74 Å². The van der Waals surface area contributed by atoms with Crippen LogP contribution in [-0.4, -0.2) is 6.61 Å². The van der Waals surface area contributed by atoms with Crippen molar-refractivity contribution in [3.8, 4) is 17.6 Å². The molecule has 0 aliphatic heterocycles. The summed E-state index contributed by atoms with van der Waals surface area (Å²) >= 11 is 0. The third-order valence-corrected chi connectivity index (χ3v) is 2.02. The van der Waals surface area contributed by atoms with E-state index in [1.54, 1.807) is 0 Å². The van der Waals surface area contributed by atoms with Crippen LogP contribution in [0.3, 0.4) is 0 Å². The fraction of sp³-hybridized carbons (Fsp3) is 0.385. The van der Waals surface area contributed by atoms with Crippen molar-refractivity contribution in [3.63, 3.8) is 0 Å². The number of benzene rings is 1. The van der Waals surface area contributed by atoms with Crippen molar-refractivity contribution in [3.05, 3.63) is 29.8 Å². The highest BCUT2D eigenvalue weighted by molar-refractivity contribution is 5.35. The van der Waals surface area contributed by atoms with Crippen molar-refractivity contribution in [2.24, 2.45) is 0 Å². The summed E-state index contributed by atoms with van der Waals surface area (Å²) < 4.78 is 5.57. The van der Waals surface area contributed by atoms with Crippen LogP contribution in [0.5, 0.6) is 5.75 Å². The molecular weight excluding hydrogens is 172 g/mol. The third kappa shape index (κ3) is 2.81. The molecule has 0 amide bonds. The smallest absolute Gasteiger partial charge is 0.149 e. The van der Waals surface area contributed by atoms with E-state index in [-0.39, 0.29) is 0 Å². The lowest BCUT2D eigenvalue weighted by Gasteiger charge is -2.11.